The highest BCUT2D eigenvalue weighted by Crippen LogP contribution is 2.68. The zero-order chi connectivity index (χ0) is 27.5. The van der Waals surface area contributed by atoms with Crippen LogP contribution in [0.25, 0.3) is 10.9 Å². The van der Waals surface area contributed by atoms with Crippen LogP contribution < -0.4 is 5.56 Å². The van der Waals surface area contributed by atoms with Crippen LogP contribution in [0.1, 0.15) is 59.8 Å². The maximum absolute atomic E-state index is 13.5. The van der Waals surface area contributed by atoms with E-state index < -0.39 is 29.0 Å². The highest BCUT2D eigenvalue weighted by molar-refractivity contribution is 7.99. The number of nitrogens with zero attached hydrogens (tertiary/aromatic N) is 1. The van der Waals surface area contributed by atoms with E-state index >= 15 is 0 Å². The number of thioether (sulfide) groups is 1. The second kappa shape index (κ2) is 9.63. The quantitative estimate of drug-likeness (QED) is 0.241. The van der Waals surface area contributed by atoms with Crippen molar-refractivity contribution in [2.45, 2.75) is 77.2 Å². The lowest BCUT2D eigenvalue weighted by Crippen LogP contribution is -2.63. The van der Waals surface area contributed by atoms with Gasteiger partial charge in [-0.3, -0.25) is 14.4 Å². The topological polar surface area (TPSA) is 109 Å². The van der Waals surface area contributed by atoms with Crippen LogP contribution >= 0.6 is 11.8 Å². The molecule has 3 aliphatic rings. The minimum atomic E-state index is -0.700. The van der Waals surface area contributed by atoms with Crippen molar-refractivity contribution in [2.24, 2.45) is 34.0 Å². The number of para-hydroxylation sites is 1. The van der Waals surface area contributed by atoms with Gasteiger partial charge in [0.25, 0.3) is 5.56 Å². The summed E-state index contributed by atoms with van der Waals surface area (Å²) in [6, 6.07) is 7.07. The first-order valence-electron chi connectivity index (χ1n) is 13.6. The molecule has 8 heteroatoms. The number of esters is 1. The molecule has 0 amide bonds. The Morgan fingerprint density at radius 2 is 2.00 bits per heavy atom. The van der Waals surface area contributed by atoms with Crippen LogP contribution in [0.4, 0.5) is 0 Å². The Balaban J connectivity index is 1.45. The molecule has 0 radical (unpaired) electrons. The molecule has 1 heterocycles. The number of hydrogen-bond donors (Lipinski definition) is 2. The molecule has 2 N–H and O–H groups in total. The predicted octanol–water partition coefficient (Wildman–Crippen LogP) is 4.92. The Hall–Kier alpha value is -2.45. The molecule has 8 atom stereocenters. The fraction of sp³-hybridized carbons (Fsp3) is 0.600. The first-order chi connectivity index (χ1) is 18.0. The molecule has 0 saturated heterocycles. The fourth-order valence-electron chi connectivity index (χ4n) is 7.95. The van der Waals surface area contributed by atoms with Crippen LogP contribution in [0.5, 0.6) is 0 Å². The van der Waals surface area contributed by atoms with E-state index in [0.29, 0.717) is 28.9 Å². The lowest BCUT2D eigenvalue weighted by Gasteiger charge is -2.61. The average Bonchev–Trinajstić information content (AvgIpc) is 3.26. The largest absolute Gasteiger partial charge is 0.461 e. The summed E-state index contributed by atoms with van der Waals surface area (Å²) in [6.45, 7) is 12.4. The van der Waals surface area contributed by atoms with Gasteiger partial charge in [0.05, 0.1) is 22.8 Å². The predicted molar refractivity (Wildman–Crippen MR) is 148 cm³/mol. The summed E-state index contributed by atoms with van der Waals surface area (Å²) < 4.78 is 6.27. The van der Waals surface area contributed by atoms with Gasteiger partial charge in [-0.25, -0.2) is 4.98 Å². The minimum Gasteiger partial charge on any atom is -0.461 e. The lowest BCUT2D eigenvalue weighted by atomic mass is 9.44. The van der Waals surface area contributed by atoms with E-state index in [9.17, 15) is 19.5 Å². The van der Waals surface area contributed by atoms with Crippen molar-refractivity contribution in [2.75, 3.05) is 5.75 Å². The van der Waals surface area contributed by atoms with Crippen LogP contribution in [0.3, 0.4) is 0 Å². The summed E-state index contributed by atoms with van der Waals surface area (Å²) in [5.74, 6) is -0.397. The van der Waals surface area contributed by atoms with Gasteiger partial charge in [0, 0.05) is 23.2 Å². The number of rotatable bonds is 5. The summed E-state index contributed by atoms with van der Waals surface area (Å²) in [6.07, 6.45) is 4.01. The standard InChI is InChI=1S/C30H38N2O5S/c1-6-28(4)15-22(37-23(34)16-38-27-31-20-10-8-7-9-19(20)26(36)32-27)29(5)17(2)11-13-30(18(3)25(28)35)14-12-21(33)24(29)30/h6-10,17-18,22,24-25,35H,1,11-16H2,2-5H3,(H,31,32,36)/t17-,18+,22-,24+,25+,28-,29+,30+/m1/s1. The number of benzene rings is 1. The van der Waals surface area contributed by atoms with Crippen molar-refractivity contribution in [3.05, 3.63) is 47.3 Å². The van der Waals surface area contributed by atoms with Gasteiger partial charge in [0.15, 0.2) is 5.16 Å². The number of carbonyl (C=O) groups is 2. The summed E-state index contributed by atoms with van der Waals surface area (Å²) in [4.78, 5) is 46.5. The third kappa shape index (κ3) is 4.06. The van der Waals surface area contributed by atoms with Gasteiger partial charge in [-0.05, 0) is 55.1 Å². The molecule has 5 rings (SSSR count). The molecule has 204 valence electrons. The Morgan fingerprint density at radius 3 is 2.74 bits per heavy atom. The SMILES string of the molecule is C=C[C@]1(C)C[C@@H](OC(=O)CSc2nc3ccccc3c(=O)[nH]2)[C@]2(C)[C@H](C)CC[C@]3(CCC(=O)[C@H]32)[C@@H](C)[C@@H]1O. The van der Waals surface area contributed by atoms with Gasteiger partial charge in [-0.15, -0.1) is 6.58 Å². The van der Waals surface area contributed by atoms with Crippen molar-refractivity contribution in [1.82, 2.24) is 9.97 Å². The van der Waals surface area contributed by atoms with Crippen LogP contribution in [0.15, 0.2) is 46.9 Å². The first-order valence-corrected chi connectivity index (χ1v) is 14.6. The van der Waals surface area contributed by atoms with Crippen LogP contribution in [0, 0.1) is 34.0 Å². The summed E-state index contributed by atoms with van der Waals surface area (Å²) in [7, 11) is 0. The molecule has 1 aromatic carbocycles. The minimum absolute atomic E-state index is 0.0320. The molecule has 0 aliphatic heterocycles. The summed E-state index contributed by atoms with van der Waals surface area (Å²) in [5.41, 5.74) is -1.23. The number of aliphatic hydroxyl groups excluding tert-OH is 1. The molecule has 2 bridgehead atoms. The molecule has 3 saturated carbocycles. The van der Waals surface area contributed by atoms with Gasteiger partial charge >= 0.3 is 5.97 Å². The number of nitrogens with one attached hydrogen (secondary N) is 1. The number of fused-ring (bicyclic) bond motifs is 1. The van der Waals surface area contributed by atoms with E-state index in [2.05, 4.69) is 37.3 Å². The van der Waals surface area contributed by atoms with Gasteiger partial charge in [0.1, 0.15) is 11.9 Å². The normalized spacial score (nSPS) is 38.8. The third-order valence-electron chi connectivity index (χ3n) is 10.5. The van der Waals surface area contributed by atoms with E-state index in [1.54, 1.807) is 24.3 Å². The maximum atomic E-state index is 13.5. The molecule has 2 aromatic rings. The second-order valence-electron chi connectivity index (χ2n) is 12.2. The molecule has 1 aromatic heterocycles. The van der Waals surface area contributed by atoms with E-state index in [-0.39, 0.29) is 40.3 Å². The first kappa shape index (κ1) is 27.1. The molecule has 7 nitrogen and oxygen atoms in total. The number of carbonyl (C=O) groups excluding carboxylic acids is 2. The van der Waals surface area contributed by atoms with Gasteiger partial charge in [0.2, 0.25) is 0 Å². The Bertz CT molecular complexity index is 1340. The Morgan fingerprint density at radius 1 is 1.26 bits per heavy atom. The van der Waals surface area contributed by atoms with E-state index in [4.69, 9.17) is 4.74 Å². The Labute approximate surface area is 227 Å². The lowest BCUT2D eigenvalue weighted by molar-refractivity contribution is -0.205. The van der Waals surface area contributed by atoms with Crippen molar-refractivity contribution in [3.63, 3.8) is 0 Å². The summed E-state index contributed by atoms with van der Waals surface area (Å²) in [5, 5.41) is 12.5. The zero-order valence-electron chi connectivity index (χ0n) is 22.7. The maximum Gasteiger partial charge on any atom is 0.316 e. The Kier molecular flexibility index (Phi) is 6.87. The van der Waals surface area contributed by atoms with Gasteiger partial charge in [-0.1, -0.05) is 57.7 Å². The molecule has 0 spiro atoms. The van der Waals surface area contributed by atoms with Gasteiger partial charge < -0.3 is 14.8 Å². The number of ether oxygens (including phenoxy) is 1. The third-order valence-corrected chi connectivity index (χ3v) is 11.3. The number of aliphatic hydroxyl groups is 1. The fourth-order valence-corrected chi connectivity index (χ4v) is 8.61. The van der Waals surface area contributed by atoms with Crippen molar-refractivity contribution >= 4 is 34.4 Å². The van der Waals surface area contributed by atoms with Crippen molar-refractivity contribution < 1.29 is 19.4 Å². The second-order valence-corrected chi connectivity index (χ2v) is 13.2. The highest BCUT2D eigenvalue weighted by Gasteiger charge is 2.68. The number of hydrogen-bond acceptors (Lipinski definition) is 7. The molecule has 0 unspecified atom stereocenters. The molecular formula is C30H38N2O5S. The molecular weight excluding hydrogens is 500 g/mol. The number of aromatic amines is 1. The van der Waals surface area contributed by atoms with Gasteiger partial charge in [-0.2, -0.15) is 0 Å². The van der Waals surface area contributed by atoms with E-state index in [1.807, 2.05) is 13.0 Å². The van der Waals surface area contributed by atoms with E-state index in [0.717, 1.165) is 31.0 Å². The number of Topliss-reactive ketones (excluding diaryl/α,β-unsaturated/α-hetero) is 1. The molecule has 38 heavy (non-hydrogen) atoms. The summed E-state index contributed by atoms with van der Waals surface area (Å²) >= 11 is 1.13. The number of aromatic nitrogens is 2. The highest BCUT2D eigenvalue weighted by atomic mass is 32.2. The smallest absolute Gasteiger partial charge is 0.316 e. The van der Waals surface area contributed by atoms with Crippen molar-refractivity contribution in [1.29, 1.82) is 0 Å². The van der Waals surface area contributed by atoms with Crippen LogP contribution in [0.2, 0.25) is 0 Å². The monoisotopic (exact) mass is 538 g/mol. The van der Waals surface area contributed by atoms with Crippen LogP contribution in [-0.2, 0) is 14.3 Å². The van der Waals surface area contributed by atoms with Crippen LogP contribution in [-0.4, -0.2) is 44.8 Å². The van der Waals surface area contributed by atoms with Crippen molar-refractivity contribution in [3.8, 4) is 0 Å². The average molecular weight is 539 g/mol. The molecule has 3 aliphatic carbocycles. The zero-order valence-corrected chi connectivity index (χ0v) is 23.5. The van der Waals surface area contributed by atoms with E-state index in [1.165, 1.54) is 0 Å². The number of H-pyrrole nitrogens is 1. The molecule has 3 fully saturated rings. The number of ketones is 1.